The number of alkyl halides is 3. The fourth-order valence-corrected chi connectivity index (χ4v) is 3.13. The number of piperidine rings is 1. The molecule has 1 aliphatic rings. The van der Waals surface area contributed by atoms with E-state index in [1.54, 1.807) is 6.07 Å². The number of anilines is 1. The highest BCUT2D eigenvalue weighted by Gasteiger charge is 2.30. The SMILES string of the molecule is O=C(O)c1cncnc1NC1CCN(Cc2cccc(C(F)(F)F)c2)CC1. The molecule has 2 heterocycles. The van der Waals surface area contributed by atoms with Gasteiger partial charge in [-0.15, -0.1) is 0 Å². The van der Waals surface area contributed by atoms with Gasteiger partial charge in [-0.3, -0.25) is 4.90 Å². The summed E-state index contributed by atoms with van der Waals surface area (Å²) in [6.07, 6.45) is -0.325. The van der Waals surface area contributed by atoms with Crippen molar-refractivity contribution >= 4 is 11.8 Å². The van der Waals surface area contributed by atoms with Gasteiger partial charge in [0, 0.05) is 31.9 Å². The van der Waals surface area contributed by atoms with Crippen LogP contribution in [0, 0.1) is 0 Å². The number of carbonyl (C=O) groups is 1. The summed E-state index contributed by atoms with van der Waals surface area (Å²) in [5.41, 5.74) is 0.00519. The molecule has 3 rings (SSSR count). The van der Waals surface area contributed by atoms with Crippen LogP contribution in [0.3, 0.4) is 0 Å². The highest BCUT2D eigenvalue weighted by molar-refractivity contribution is 5.92. The standard InChI is InChI=1S/C18H19F3N4O2/c19-18(20,21)13-3-1-2-12(8-13)10-25-6-4-14(5-7-25)24-16-15(17(26)27)9-22-11-23-16/h1-3,8-9,11,14H,4-7,10H2,(H,26,27)(H,22,23,24). The van der Waals surface area contributed by atoms with Crippen LogP contribution < -0.4 is 5.32 Å². The van der Waals surface area contributed by atoms with Crippen LogP contribution in [-0.2, 0) is 12.7 Å². The van der Waals surface area contributed by atoms with E-state index in [1.165, 1.54) is 24.7 Å². The Balaban J connectivity index is 1.56. The van der Waals surface area contributed by atoms with E-state index < -0.39 is 17.7 Å². The van der Waals surface area contributed by atoms with Gasteiger partial charge >= 0.3 is 12.1 Å². The third-order valence-electron chi connectivity index (χ3n) is 4.53. The largest absolute Gasteiger partial charge is 0.477 e. The van der Waals surface area contributed by atoms with Crippen molar-refractivity contribution in [1.29, 1.82) is 0 Å². The first-order valence-corrected chi connectivity index (χ1v) is 8.51. The third kappa shape index (κ3) is 4.94. The molecule has 0 radical (unpaired) electrons. The summed E-state index contributed by atoms with van der Waals surface area (Å²) in [6, 6.07) is 5.43. The van der Waals surface area contributed by atoms with Gasteiger partial charge in [0.25, 0.3) is 0 Å². The average molecular weight is 380 g/mol. The topological polar surface area (TPSA) is 78.3 Å². The Morgan fingerprint density at radius 3 is 2.70 bits per heavy atom. The van der Waals surface area contributed by atoms with Crippen molar-refractivity contribution < 1.29 is 23.1 Å². The molecule has 2 N–H and O–H groups in total. The first kappa shape index (κ1) is 19.1. The summed E-state index contributed by atoms with van der Waals surface area (Å²) in [5, 5.41) is 12.3. The minimum atomic E-state index is -4.34. The highest BCUT2D eigenvalue weighted by atomic mass is 19.4. The number of carboxylic acids is 1. The van der Waals surface area contributed by atoms with Gasteiger partial charge in [-0.25, -0.2) is 14.8 Å². The predicted molar refractivity (Wildman–Crippen MR) is 92.4 cm³/mol. The molecule has 9 heteroatoms. The Labute approximate surface area is 154 Å². The van der Waals surface area contributed by atoms with Crippen LogP contribution in [0.2, 0.25) is 0 Å². The zero-order valence-corrected chi connectivity index (χ0v) is 14.4. The average Bonchev–Trinajstić information content (AvgIpc) is 2.63. The second-order valence-corrected chi connectivity index (χ2v) is 6.48. The molecule has 27 heavy (non-hydrogen) atoms. The first-order chi connectivity index (χ1) is 12.8. The monoisotopic (exact) mass is 380 g/mol. The van der Waals surface area contributed by atoms with Gasteiger partial charge in [0.05, 0.1) is 5.56 Å². The number of aromatic carboxylic acids is 1. The molecule has 1 saturated heterocycles. The molecule has 1 aromatic carbocycles. The maximum Gasteiger partial charge on any atom is 0.416 e. The van der Waals surface area contributed by atoms with Crippen molar-refractivity contribution in [3.63, 3.8) is 0 Å². The second kappa shape index (κ2) is 7.91. The number of aromatic nitrogens is 2. The number of nitrogens with zero attached hydrogens (tertiary/aromatic N) is 3. The number of halogens is 3. The minimum Gasteiger partial charge on any atom is -0.477 e. The Hall–Kier alpha value is -2.68. The van der Waals surface area contributed by atoms with Crippen LogP contribution in [0.4, 0.5) is 19.0 Å². The number of rotatable bonds is 5. The van der Waals surface area contributed by atoms with Gasteiger partial charge in [-0.2, -0.15) is 13.2 Å². The van der Waals surface area contributed by atoms with Crippen LogP contribution in [-0.4, -0.2) is 45.1 Å². The van der Waals surface area contributed by atoms with Crippen molar-refractivity contribution in [2.75, 3.05) is 18.4 Å². The van der Waals surface area contributed by atoms with Gasteiger partial charge in [0.15, 0.2) is 0 Å². The zero-order chi connectivity index (χ0) is 19.4. The Kier molecular flexibility index (Phi) is 5.59. The summed E-state index contributed by atoms with van der Waals surface area (Å²) < 4.78 is 38.5. The van der Waals surface area contributed by atoms with Crippen molar-refractivity contribution in [3.05, 3.63) is 53.5 Å². The molecule has 1 aromatic heterocycles. The number of benzene rings is 1. The number of hydrogen-bond donors (Lipinski definition) is 2. The summed E-state index contributed by atoms with van der Waals surface area (Å²) in [5.74, 6) is -0.811. The van der Waals surface area contributed by atoms with E-state index in [9.17, 15) is 23.1 Å². The van der Waals surface area contributed by atoms with Gasteiger partial charge in [-0.05, 0) is 24.5 Å². The van der Waals surface area contributed by atoms with Crippen LogP contribution in [0.15, 0.2) is 36.8 Å². The molecule has 6 nitrogen and oxygen atoms in total. The maximum atomic E-state index is 12.8. The van der Waals surface area contributed by atoms with E-state index in [4.69, 9.17) is 0 Å². The summed E-state index contributed by atoms with van der Waals surface area (Å²) >= 11 is 0. The Morgan fingerprint density at radius 2 is 2.04 bits per heavy atom. The predicted octanol–water partition coefficient (Wildman–Crippen LogP) is 3.27. The van der Waals surface area contributed by atoms with Crippen LogP contribution in [0.5, 0.6) is 0 Å². The minimum absolute atomic E-state index is 0.0175. The van der Waals surface area contributed by atoms with Crippen molar-refractivity contribution in [3.8, 4) is 0 Å². The lowest BCUT2D eigenvalue weighted by Gasteiger charge is -2.32. The lowest BCUT2D eigenvalue weighted by molar-refractivity contribution is -0.137. The molecule has 0 bridgehead atoms. The number of nitrogens with one attached hydrogen (secondary N) is 1. The lowest BCUT2D eigenvalue weighted by atomic mass is 10.0. The van der Waals surface area contributed by atoms with Gasteiger partial charge in [0.1, 0.15) is 17.7 Å². The van der Waals surface area contributed by atoms with E-state index >= 15 is 0 Å². The molecule has 0 saturated carbocycles. The smallest absolute Gasteiger partial charge is 0.416 e. The molecular weight excluding hydrogens is 361 g/mol. The van der Waals surface area contributed by atoms with Crippen molar-refractivity contribution in [2.24, 2.45) is 0 Å². The zero-order valence-electron chi connectivity index (χ0n) is 14.4. The molecule has 2 aromatic rings. The fraction of sp³-hybridized carbons (Fsp3) is 0.389. The van der Waals surface area contributed by atoms with E-state index in [1.807, 2.05) is 0 Å². The van der Waals surface area contributed by atoms with Gasteiger partial charge < -0.3 is 10.4 Å². The first-order valence-electron chi connectivity index (χ1n) is 8.51. The molecule has 1 fully saturated rings. The third-order valence-corrected chi connectivity index (χ3v) is 4.53. The molecule has 0 spiro atoms. The highest BCUT2D eigenvalue weighted by Crippen LogP contribution is 2.30. The number of carboxylic acid groups (broad SMARTS) is 1. The van der Waals surface area contributed by atoms with Crippen LogP contribution in [0.25, 0.3) is 0 Å². The van der Waals surface area contributed by atoms with Crippen molar-refractivity contribution in [1.82, 2.24) is 14.9 Å². The van der Waals surface area contributed by atoms with E-state index in [-0.39, 0.29) is 17.4 Å². The molecule has 0 unspecified atom stereocenters. The quantitative estimate of drug-likeness (QED) is 0.829. The van der Waals surface area contributed by atoms with E-state index in [0.717, 1.165) is 18.9 Å². The number of likely N-dealkylation sites (tertiary alicyclic amines) is 1. The van der Waals surface area contributed by atoms with E-state index in [2.05, 4.69) is 20.2 Å². The van der Waals surface area contributed by atoms with Gasteiger partial charge in [-0.1, -0.05) is 18.2 Å². The second-order valence-electron chi connectivity index (χ2n) is 6.48. The Bertz CT molecular complexity index is 805. The molecule has 0 atom stereocenters. The summed E-state index contributed by atoms with van der Waals surface area (Å²) in [6.45, 7) is 1.84. The molecular formula is C18H19F3N4O2. The molecule has 144 valence electrons. The summed E-state index contributed by atoms with van der Waals surface area (Å²) in [4.78, 5) is 21.0. The Morgan fingerprint density at radius 1 is 1.30 bits per heavy atom. The van der Waals surface area contributed by atoms with E-state index in [0.29, 0.717) is 25.2 Å². The normalized spacial score (nSPS) is 16.3. The number of hydrogen-bond acceptors (Lipinski definition) is 5. The summed E-state index contributed by atoms with van der Waals surface area (Å²) in [7, 11) is 0. The molecule has 1 aliphatic heterocycles. The lowest BCUT2D eigenvalue weighted by Crippen LogP contribution is -2.39. The van der Waals surface area contributed by atoms with Gasteiger partial charge in [0.2, 0.25) is 0 Å². The molecule has 0 aliphatic carbocycles. The fourth-order valence-electron chi connectivity index (χ4n) is 3.13. The van der Waals surface area contributed by atoms with Crippen LogP contribution >= 0.6 is 0 Å². The van der Waals surface area contributed by atoms with Crippen molar-refractivity contribution in [2.45, 2.75) is 31.6 Å². The van der Waals surface area contributed by atoms with Crippen LogP contribution in [0.1, 0.15) is 34.3 Å². The molecule has 0 amide bonds. The maximum absolute atomic E-state index is 12.8.